The lowest BCUT2D eigenvalue weighted by atomic mass is 10.1. The largest absolute Gasteiger partial charge is 0.361 e. The molecule has 4 rings (SSSR count). The minimum Gasteiger partial charge on any atom is -0.361 e. The molecule has 1 fully saturated rings. The third-order valence-corrected chi connectivity index (χ3v) is 5.07. The normalized spacial score (nSPS) is 15.1. The fourth-order valence-corrected chi connectivity index (χ4v) is 3.50. The van der Waals surface area contributed by atoms with E-state index in [9.17, 15) is 4.79 Å². The van der Waals surface area contributed by atoms with Crippen LogP contribution >= 0.6 is 0 Å². The fraction of sp³-hybridized carbons (Fsp3) is 0.381. The fourth-order valence-electron chi connectivity index (χ4n) is 3.50. The molecule has 0 radical (unpaired) electrons. The van der Waals surface area contributed by atoms with Crippen LogP contribution in [-0.2, 0) is 17.8 Å². The topological polar surface area (TPSA) is 67.4 Å². The molecule has 0 aliphatic carbocycles. The standard InChI is InChI=1S/C21H25N5O2/c1-17-13-19(23-28-17)16-24-9-11-25(12-10-24)21(27)8-7-18-14-22-26(15-18)20-5-3-2-4-6-20/h2-6,13-15H,7-12,16H2,1H3. The lowest BCUT2D eigenvalue weighted by Gasteiger charge is -2.34. The Morgan fingerprint density at radius 2 is 1.93 bits per heavy atom. The molecule has 1 saturated heterocycles. The van der Waals surface area contributed by atoms with Crippen molar-refractivity contribution in [3.8, 4) is 5.69 Å². The van der Waals surface area contributed by atoms with E-state index in [2.05, 4.69) is 15.2 Å². The molecule has 1 amide bonds. The van der Waals surface area contributed by atoms with Crippen LogP contribution in [0.5, 0.6) is 0 Å². The summed E-state index contributed by atoms with van der Waals surface area (Å²) in [5, 5.41) is 8.45. The second-order valence-electron chi connectivity index (χ2n) is 7.21. The SMILES string of the molecule is Cc1cc(CN2CCN(C(=O)CCc3cnn(-c4ccccc4)c3)CC2)no1. The minimum atomic E-state index is 0.212. The Morgan fingerprint density at radius 3 is 2.64 bits per heavy atom. The first-order valence-electron chi connectivity index (χ1n) is 9.69. The van der Waals surface area contributed by atoms with Crippen LogP contribution in [0.2, 0.25) is 0 Å². The van der Waals surface area contributed by atoms with E-state index >= 15 is 0 Å². The number of hydrogen-bond acceptors (Lipinski definition) is 5. The molecule has 0 N–H and O–H groups in total. The van der Waals surface area contributed by atoms with Gasteiger partial charge in [0.1, 0.15) is 5.76 Å². The summed E-state index contributed by atoms with van der Waals surface area (Å²) in [6.45, 7) is 5.93. The van der Waals surface area contributed by atoms with E-state index in [4.69, 9.17) is 4.52 Å². The first-order chi connectivity index (χ1) is 13.7. The molecule has 0 saturated carbocycles. The molecule has 0 bridgehead atoms. The van der Waals surface area contributed by atoms with Crippen LogP contribution in [0.25, 0.3) is 5.69 Å². The Bertz CT molecular complexity index is 910. The summed E-state index contributed by atoms with van der Waals surface area (Å²) in [5.74, 6) is 1.05. The maximum Gasteiger partial charge on any atom is 0.222 e. The van der Waals surface area contributed by atoms with Crippen LogP contribution < -0.4 is 0 Å². The maximum absolute atomic E-state index is 12.6. The van der Waals surface area contributed by atoms with E-state index in [1.165, 1.54) is 0 Å². The van der Waals surface area contributed by atoms with E-state index in [0.717, 1.165) is 55.4 Å². The van der Waals surface area contributed by atoms with Crippen molar-refractivity contribution in [2.45, 2.75) is 26.3 Å². The molecule has 3 aromatic rings. The highest BCUT2D eigenvalue weighted by Gasteiger charge is 2.21. The summed E-state index contributed by atoms with van der Waals surface area (Å²) >= 11 is 0. The molecule has 2 aromatic heterocycles. The number of rotatable bonds is 6. The van der Waals surface area contributed by atoms with Crippen molar-refractivity contribution < 1.29 is 9.32 Å². The zero-order valence-corrected chi connectivity index (χ0v) is 16.1. The summed E-state index contributed by atoms with van der Waals surface area (Å²) in [6.07, 6.45) is 5.08. The van der Waals surface area contributed by atoms with Crippen molar-refractivity contribution in [2.24, 2.45) is 0 Å². The molecule has 3 heterocycles. The van der Waals surface area contributed by atoms with Gasteiger partial charge in [-0.05, 0) is 31.0 Å². The number of nitrogens with zero attached hydrogens (tertiary/aromatic N) is 5. The van der Waals surface area contributed by atoms with Gasteiger partial charge in [0, 0.05) is 51.4 Å². The second-order valence-corrected chi connectivity index (χ2v) is 7.21. The van der Waals surface area contributed by atoms with Gasteiger partial charge >= 0.3 is 0 Å². The van der Waals surface area contributed by atoms with Gasteiger partial charge in [0.25, 0.3) is 0 Å². The Balaban J connectivity index is 1.23. The molecule has 0 atom stereocenters. The Hall–Kier alpha value is -2.93. The third kappa shape index (κ3) is 4.48. The smallest absolute Gasteiger partial charge is 0.222 e. The molecule has 1 aliphatic rings. The summed E-state index contributed by atoms with van der Waals surface area (Å²) in [5.41, 5.74) is 3.06. The monoisotopic (exact) mass is 379 g/mol. The summed E-state index contributed by atoms with van der Waals surface area (Å²) < 4.78 is 6.97. The van der Waals surface area contributed by atoms with Crippen molar-refractivity contribution in [3.05, 3.63) is 65.8 Å². The van der Waals surface area contributed by atoms with E-state index in [0.29, 0.717) is 12.8 Å². The van der Waals surface area contributed by atoms with Crippen LogP contribution in [0.1, 0.15) is 23.4 Å². The molecule has 0 spiro atoms. The van der Waals surface area contributed by atoms with Crippen molar-refractivity contribution >= 4 is 5.91 Å². The van der Waals surface area contributed by atoms with Gasteiger partial charge in [-0.25, -0.2) is 4.68 Å². The maximum atomic E-state index is 12.6. The lowest BCUT2D eigenvalue weighted by molar-refractivity contribution is -0.133. The average Bonchev–Trinajstić information content (AvgIpc) is 3.36. The predicted molar refractivity (Wildman–Crippen MR) is 105 cm³/mol. The van der Waals surface area contributed by atoms with Crippen LogP contribution in [0.15, 0.2) is 53.3 Å². The lowest BCUT2D eigenvalue weighted by Crippen LogP contribution is -2.48. The van der Waals surface area contributed by atoms with E-state index < -0.39 is 0 Å². The molecule has 7 heteroatoms. The van der Waals surface area contributed by atoms with Gasteiger partial charge in [-0.3, -0.25) is 9.69 Å². The van der Waals surface area contributed by atoms with Gasteiger partial charge in [0.05, 0.1) is 17.6 Å². The number of amides is 1. The number of aromatic nitrogens is 3. The summed E-state index contributed by atoms with van der Waals surface area (Å²) in [6, 6.07) is 12.0. The number of benzene rings is 1. The van der Waals surface area contributed by atoms with Gasteiger partial charge in [0.15, 0.2) is 0 Å². The summed E-state index contributed by atoms with van der Waals surface area (Å²) in [7, 11) is 0. The summed E-state index contributed by atoms with van der Waals surface area (Å²) in [4.78, 5) is 16.8. The molecular weight excluding hydrogens is 354 g/mol. The Kier molecular flexibility index (Phi) is 5.53. The molecule has 146 valence electrons. The van der Waals surface area contributed by atoms with Crippen LogP contribution in [0.4, 0.5) is 0 Å². The van der Waals surface area contributed by atoms with Crippen molar-refractivity contribution in [3.63, 3.8) is 0 Å². The Labute approximate surface area is 164 Å². The molecule has 1 aliphatic heterocycles. The van der Waals surface area contributed by atoms with Crippen LogP contribution in [0.3, 0.4) is 0 Å². The number of carbonyl (C=O) groups is 1. The van der Waals surface area contributed by atoms with Crippen molar-refractivity contribution in [1.29, 1.82) is 0 Å². The van der Waals surface area contributed by atoms with Gasteiger partial charge < -0.3 is 9.42 Å². The number of para-hydroxylation sites is 1. The highest BCUT2D eigenvalue weighted by Crippen LogP contribution is 2.12. The highest BCUT2D eigenvalue weighted by atomic mass is 16.5. The van der Waals surface area contributed by atoms with Gasteiger partial charge in [-0.1, -0.05) is 23.4 Å². The molecule has 1 aromatic carbocycles. The zero-order chi connectivity index (χ0) is 19.3. The second kappa shape index (κ2) is 8.39. The van der Waals surface area contributed by atoms with Crippen LogP contribution in [0, 0.1) is 6.92 Å². The van der Waals surface area contributed by atoms with Crippen molar-refractivity contribution in [1.82, 2.24) is 24.7 Å². The number of hydrogen-bond donors (Lipinski definition) is 0. The van der Waals surface area contributed by atoms with E-state index in [-0.39, 0.29) is 5.91 Å². The number of aryl methyl sites for hydroxylation is 2. The first-order valence-corrected chi connectivity index (χ1v) is 9.69. The van der Waals surface area contributed by atoms with Gasteiger partial charge in [0.2, 0.25) is 5.91 Å². The van der Waals surface area contributed by atoms with Crippen molar-refractivity contribution in [2.75, 3.05) is 26.2 Å². The Morgan fingerprint density at radius 1 is 1.14 bits per heavy atom. The zero-order valence-electron chi connectivity index (χ0n) is 16.1. The molecule has 7 nitrogen and oxygen atoms in total. The van der Waals surface area contributed by atoms with Gasteiger partial charge in [-0.2, -0.15) is 5.10 Å². The molecule has 28 heavy (non-hydrogen) atoms. The average molecular weight is 379 g/mol. The molecular formula is C21H25N5O2. The van der Waals surface area contributed by atoms with Gasteiger partial charge in [-0.15, -0.1) is 0 Å². The third-order valence-electron chi connectivity index (χ3n) is 5.07. The van der Waals surface area contributed by atoms with Crippen LogP contribution in [-0.4, -0.2) is 56.8 Å². The minimum absolute atomic E-state index is 0.212. The quantitative estimate of drug-likeness (QED) is 0.658. The number of carbonyl (C=O) groups excluding carboxylic acids is 1. The van der Waals surface area contributed by atoms with E-state index in [1.54, 1.807) is 0 Å². The first kappa shape index (κ1) is 18.4. The molecule has 0 unspecified atom stereocenters. The number of piperazine rings is 1. The predicted octanol–water partition coefficient (Wildman–Crippen LogP) is 2.45. The highest BCUT2D eigenvalue weighted by molar-refractivity contribution is 5.76. The van der Waals surface area contributed by atoms with E-state index in [1.807, 2.05) is 65.3 Å².